The molecule has 2 amide bonds. The molecule has 0 aliphatic carbocycles. The first kappa shape index (κ1) is 24.6. The molecule has 0 saturated carbocycles. The van der Waals surface area contributed by atoms with Crippen molar-refractivity contribution in [2.75, 3.05) is 24.4 Å². The minimum atomic E-state index is -4.74. The number of methoxy groups -OCH3 is 1. The SMILES string of the molecule is CO[C@@H](C)c1c(NC(=O)Nc2cnc(OC[C@H](C)N)c(C(F)(F)F)c2)cnc2sc(C)nc12. The van der Waals surface area contributed by atoms with E-state index in [0.29, 0.717) is 21.6 Å². The molecule has 0 bridgehead atoms. The van der Waals surface area contributed by atoms with E-state index in [0.717, 1.165) is 17.3 Å². The van der Waals surface area contributed by atoms with E-state index in [1.54, 1.807) is 13.8 Å². The number of aromatic nitrogens is 3. The minimum absolute atomic E-state index is 0.143. The third-order valence-corrected chi connectivity index (χ3v) is 5.36. The first-order valence-electron chi connectivity index (χ1n) is 9.82. The summed E-state index contributed by atoms with van der Waals surface area (Å²) in [5.74, 6) is -0.615. The van der Waals surface area contributed by atoms with Crippen molar-refractivity contribution >= 4 is 39.1 Å². The van der Waals surface area contributed by atoms with Crippen LogP contribution in [0, 0.1) is 6.92 Å². The summed E-state index contributed by atoms with van der Waals surface area (Å²) < 4.78 is 50.9. The fraction of sp³-hybridized carbons (Fsp3) is 0.400. The molecule has 3 rings (SSSR count). The predicted octanol–water partition coefficient (Wildman–Crippen LogP) is 4.49. The van der Waals surface area contributed by atoms with E-state index < -0.39 is 35.8 Å². The first-order valence-corrected chi connectivity index (χ1v) is 10.6. The minimum Gasteiger partial charge on any atom is -0.476 e. The summed E-state index contributed by atoms with van der Waals surface area (Å²) in [7, 11) is 1.51. The topological polar surface area (TPSA) is 124 Å². The van der Waals surface area contributed by atoms with Crippen LogP contribution < -0.4 is 21.1 Å². The Kier molecular flexibility index (Phi) is 7.34. The number of amides is 2. The number of hydrogen-bond acceptors (Lipinski definition) is 8. The smallest absolute Gasteiger partial charge is 0.421 e. The lowest BCUT2D eigenvalue weighted by Crippen LogP contribution is -2.25. The Balaban J connectivity index is 1.86. The van der Waals surface area contributed by atoms with Crippen LogP contribution in [0.1, 0.15) is 36.1 Å². The van der Waals surface area contributed by atoms with Crippen molar-refractivity contribution < 1.29 is 27.4 Å². The Morgan fingerprint density at radius 1 is 1.24 bits per heavy atom. The van der Waals surface area contributed by atoms with Gasteiger partial charge in [-0.05, 0) is 26.8 Å². The van der Waals surface area contributed by atoms with Crippen molar-refractivity contribution in [2.45, 2.75) is 39.1 Å². The number of halogens is 3. The second-order valence-corrected chi connectivity index (χ2v) is 8.47. The molecular weight excluding hydrogens is 461 g/mol. The second kappa shape index (κ2) is 9.85. The average molecular weight is 485 g/mol. The van der Waals surface area contributed by atoms with Gasteiger partial charge in [-0.15, -0.1) is 0 Å². The molecule has 0 fully saturated rings. The third kappa shape index (κ3) is 5.86. The molecule has 178 valence electrons. The van der Waals surface area contributed by atoms with Gasteiger partial charge in [-0.25, -0.2) is 19.7 Å². The number of nitrogens with two attached hydrogens (primary N) is 1. The number of carbonyl (C=O) groups is 1. The molecule has 9 nitrogen and oxygen atoms in total. The van der Waals surface area contributed by atoms with Gasteiger partial charge in [0, 0.05) is 18.7 Å². The Bertz CT molecular complexity index is 1150. The van der Waals surface area contributed by atoms with Gasteiger partial charge in [-0.3, -0.25) is 0 Å². The van der Waals surface area contributed by atoms with Crippen molar-refractivity contribution in [3.8, 4) is 5.88 Å². The maximum atomic E-state index is 13.5. The van der Waals surface area contributed by atoms with Gasteiger partial charge >= 0.3 is 12.2 Å². The van der Waals surface area contributed by atoms with Gasteiger partial charge in [0.1, 0.15) is 22.5 Å². The summed E-state index contributed by atoms with van der Waals surface area (Å²) in [5, 5.41) is 5.75. The van der Waals surface area contributed by atoms with Gasteiger partial charge in [-0.2, -0.15) is 13.2 Å². The largest absolute Gasteiger partial charge is 0.476 e. The zero-order chi connectivity index (χ0) is 24.3. The van der Waals surface area contributed by atoms with E-state index >= 15 is 0 Å². The van der Waals surface area contributed by atoms with Gasteiger partial charge in [-0.1, -0.05) is 11.3 Å². The number of nitrogens with one attached hydrogen (secondary N) is 2. The number of urea groups is 1. The van der Waals surface area contributed by atoms with Crippen molar-refractivity contribution in [2.24, 2.45) is 5.73 Å². The number of rotatable bonds is 7. The Labute approximate surface area is 191 Å². The quantitative estimate of drug-likeness (QED) is 0.451. The number of nitrogens with zero attached hydrogens (tertiary/aromatic N) is 3. The molecule has 0 aliphatic rings. The van der Waals surface area contributed by atoms with Crippen LogP contribution in [0.3, 0.4) is 0 Å². The van der Waals surface area contributed by atoms with E-state index in [1.807, 2.05) is 6.92 Å². The number of alkyl halides is 3. The van der Waals surface area contributed by atoms with E-state index in [1.165, 1.54) is 24.6 Å². The summed E-state index contributed by atoms with van der Waals surface area (Å²) >= 11 is 1.39. The van der Waals surface area contributed by atoms with Crippen LogP contribution in [0.15, 0.2) is 18.5 Å². The molecule has 0 saturated heterocycles. The van der Waals surface area contributed by atoms with E-state index in [9.17, 15) is 18.0 Å². The lowest BCUT2D eigenvalue weighted by molar-refractivity contribution is -0.139. The van der Waals surface area contributed by atoms with Crippen LogP contribution in [0.5, 0.6) is 5.88 Å². The van der Waals surface area contributed by atoms with Crippen LogP contribution in [-0.2, 0) is 10.9 Å². The molecule has 0 radical (unpaired) electrons. The average Bonchev–Trinajstić information content (AvgIpc) is 3.11. The first-order chi connectivity index (χ1) is 15.5. The van der Waals surface area contributed by atoms with Crippen LogP contribution in [0.4, 0.5) is 29.3 Å². The number of hydrogen-bond donors (Lipinski definition) is 3. The molecule has 3 aromatic rings. The Hall–Kier alpha value is -3.03. The summed E-state index contributed by atoms with van der Waals surface area (Å²) in [4.78, 5) is 25.7. The lowest BCUT2D eigenvalue weighted by Gasteiger charge is -2.17. The van der Waals surface area contributed by atoms with Crippen LogP contribution in [0.25, 0.3) is 10.3 Å². The van der Waals surface area contributed by atoms with Crippen LogP contribution in [0.2, 0.25) is 0 Å². The van der Waals surface area contributed by atoms with Crippen LogP contribution >= 0.6 is 11.3 Å². The normalized spacial score (nSPS) is 13.6. The molecule has 3 aromatic heterocycles. The fourth-order valence-corrected chi connectivity index (χ4v) is 3.74. The molecule has 0 unspecified atom stereocenters. The van der Waals surface area contributed by atoms with Crippen molar-refractivity contribution in [1.29, 1.82) is 0 Å². The van der Waals surface area contributed by atoms with Gasteiger partial charge in [0.25, 0.3) is 0 Å². The number of anilines is 2. The number of thiazole rings is 1. The molecule has 0 aliphatic heterocycles. The molecule has 13 heteroatoms. The number of ether oxygens (including phenoxy) is 2. The molecular formula is C20H23F3N6O3S. The molecule has 2 atom stereocenters. The van der Waals surface area contributed by atoms with Gasteiger partial charge in [0.15, 0.2) is 0 Å². The maximum absolute atomic E-state index is 13.5. The summed E-state index contributed by atoms with van der Waals surface area (Å²) in [6.07, 6.45) is -2.65. The Morgan fingerprint density at radius 3 is 2.61 bits per heavy atom. The fourth-order valence-electron chi connectivity index (χ4n) is 2.96. The summed E-state index contributed by atoms with van der Waals surface area (Å²) in [6.45, 7) is 5.06. The van der Waals surface area contributed by atoms with Gasteiger partial charge in [0.05, 0.1) is 34.9 Å². The standard InChI is InChI=1S/C20H23F3N6O3S/c1-9(24)8-32-17-13(20(21,22)23)5-12(6-25-17)28-19(30)29-14-7-26-18-16(27-11(3)33-18)15(14)10(2)31-4/h5-7,9-10H,8,24H2,1-4H3,(H2,28,29,30)/t9-,10-/m0/s1. The highest BCUT2D eigenvalue weighted by Crippen LogP contribution is 2.37. The zero-order valence-electron chi connectivity index (χ0n) is 18.3. The molecule has 3 heterocycles. The highest BCUT2D eigenvalue weighted by atomic mass is 32.1. The highest BCUT2D eigenvalue weighted by Gasteiger charge is 2.36. The predicted molar refractivity (Wildman–Crippen MR) is 119 cm³/mol. The number of carbonyl (C=O) groups excluding carboxylic acids is 1. The van der Waals surface area contributed by atoms with E-state index in [4.69, 9.17) is 15.2 Å². The Morgan fingerprint density at radius 2 is 1.97 bits per heavy atom. The van der Waals surface area contributed by atoms with Gasteiger partial charge in [0.2, 0.25) is 5.88 Å². The number of fused-ring (bicyclic) bond motifs is 1. The van der Waals surface area contributed by atoms with Crippen molar-refractivity contribution in [3.63, 3.8) is 0 Å². The third-order valence-electron chi connectivity index (χ3n) is 4.48. The van der Waals surface area contributed by atoms with Gasteiger partial charge < -0.3 is 25.8 Å². The maximum Gasteiger partial charge on any atom is 0.421 e. The van der Waals surface area contributed by atoms with Crippen molar-refractivity contribution in [1.82, 2.24) is 15.0 Å². The molecule has 0 spiro atoms. The molecule has 33 heavy (non-hydrogen) atoms. The summed E-state index contributed by atoms with van der Waals surface area (Å²) in [6, 6.07) is -0.521. The lowest BCUT2D eigenvalue weighted by atomic mass is 10.1. The van der Waals surface area contributed by atoms with E-state index in [2.05, 4.69) is 25.6 Å². The second-order valence-electron chi connectivity index (χ2n) is 7.29. The monoisotopic (exact) mass is 484 g/mol. The van der Waals surface area contributed by atoms with E-state index in [-0.39, 0.29) is 12.3 Å². The zero-order valence-corrected chi connectivity index (χ0v) is 19.1. The molecule has 0 aromatic carbocycles. The van der Waals surface area contributed by atoms with Crippen LogP contribution in [-0.4, -0.2) is 40.7 Å². The molecule has 4 N–H and O–H groups in total. The number of pyridine rings is 2. The number of aryl methyl sites for hydroxylation is 1. The summed E-state index contributed by atoms with van der Waals surface area (Å²) in [5.41, 5.74) is 5.74. The van der Waals surface area contributed by atoms with Crippen molar-refractivity contribution in [3.05, 3.63) is 34.6 Å². The highest BCUT2D eigenvalue weighted by molar-refractivity contribution is 7.18.